The molecule has 0 aromatic heterocycles. The van der Waals surface area contributed by atoms with E-state index < -0.39 is 0 Å². The molecule has 0 atom stereocenters. The molecule has 3 aromatic rings. The van der Waals surface area contributed by atoms with Gasteiger partial charge in [0.05, 0.1) is 24.9 Å². The molecule has 136 valence electrons. The van der Waals surface area contributed by atoms with E-state index in [0.717, 1.165) is 26.4 Å². The highest BCUT2D eigenvalue weighted by Crippen LogP contribution is 2.36. The zero-order valence-electron chi connectivity index (χ0n) is 15.3. The average Bonchev–Trinajstić information content (AvgIpc) is 2.69. The summed E-state index contributed by atoms with van der Waals surface area (Å²) < 4.78 is 12.2. The lowest BCUT2D eigenvalue weighted by Gasteiger charge is -2.13. The predicted molar refractivity (Wildman–Crippen MR) is 114 cm³/mol. The van der Waals surface area contributed by atoms with Gasteiger partial charge in [0, 0.05) is 4.47 Å². The lowest BCUT2D eigenvalue weighted by atomic mass is 10.00. The van der Waals surface area contributed by atoms with E-state index in [9.17, 15) is 5.26 Å². The minimum absolute atomic E-state index is 0.542. The fourth-order valence-electron chi connectivity index (χ4n) is 2.89. The van der Waals surface area contributed by atoms with E-state index in [1.807, 2.05) is 68.5 Å². The van der Waals surface area contributed by atoms with Crippen molar-refractivity contribution in [3.05, 3.63) is 70.2 Å². The van der Waals surface area contributed by atoms with Crippen LogP contribution in [0.15, 0.2) is 59.1 Å². The Bertz CT molecular complexity index is 1030. The Kier molecular flexibility index (Phi) is 6.16. The summed E-state index contributed by atoms with van der Waals surface area (Å²) in [6.07, 6.45) is 1.87. The number of nitrogens with zero attached hydrogens (tertiary/aromatic N) is 1. The normalized spacial score (nSPS) is 11.3. The van der Waals surface area contributed by atoms with E-state index in [0.29, 0.717) is 30.3 Å². The van der Waals surface area contributed by atoms with E-state index in [-0.39, 0.29) is 0 Å². The van der Waals surface area contributed by atoms with Crippen LogP contribution in [0.4, 0.5) is 0 Å². The summed E-state index contributed by atoms with van der Waals surface area (Å²) in [6.45, 7) is 4.97. The van der Waals surface area contributed by atoms with Gasteiger partial charge in [-0.1, -0.05) is 52.3 Å². The fraction of sp³-hybridized carbons (Fsp3) is 0.174. The van der Waals surface area contributed by atoms with Gasteiger partial charge in [-0.25, -0.2) is 0 Å². The third kappa shape index (κ3) is 4.32. The number of ether oxygens (including phenoxy) is 2. The van der Waals surface area contributed by atoms with Gasteiger partial charge in [0.25, 0.3) is 0 Å². The molecule has 0 saturated carbocycles. The Hall–Kier alpha value is -2.77. The molecule has 3 rings (SSSR count). The van der Waals surface area contributed by atoms with Crippen molar-refractivity contribution in [2.75, 3.05) is 13.2 Å². The fourth-order valence-corrected chi connectivity index (χ4v) is 3.33. The number of hydrogen-bond donors (Lipinski definition) is 0. The maximum absolute atomic E-state index is 9.73. The molecule has 0 spiro atoms. The van der Waals surface area contributed by atoms with Crippen LogP contribution in [0.1, 0.15) is 25.0 Å². The molecule has 0 unspecified atom stereocenters. The first-order chi connectivity index (χ1) is 13.2. The zero-order chi connectivity index (χ0) is 19.2. The third-order valence-electron chi connectivity index (χ3n) is 4.14. The van der Waals surface area contributed by atoms with Gasteiger partial charge >= 0.3 is 0 Å². The number of benzene rings is 3. The van der Waals surface area contributed by atoms with Gasteiger partial charge in [-0.05, 0) is 60.0 Å². The summed E-state index contributed by atoms with van der Waals surface area (Å²) >= 11 is 3.58. The predicted octanol–water partition coefficient (Wildman–Crippen LogP) is 6.46. The van der Waals surface area contributed by atoms with Crippen LogP contribution in [0.25, 0.3) is 22.4 Å². The molecule has 0 bridgehead atoms. The van der Waals surface area contributed by atoms with Gasteiger partial charge in [0.1, 0.15) is 0 Å². The van der Waals surface area contributed by atoms with Crippen LogP contribution in [0.3, 0.4) is 0 Å². The number of hydrogen-bond acceptors (Lipinski definition) is 3. The summed E-state index contributed by atoms with van der Waals surface area (Å²) in [5.41, 5.74) is 2.34. The summed E-state index contributed by atoms with van der Waals surface area (Å²) in [4.78, 5) is 0. The summed E-state index contributed by atoms with van der Waals surface area (Å²) in [7, 11) is 0. The molecule has 3 nitrogen and oxygen atoms in total. The second kappa shape index (κ2) is 8.75. The smallest absolute Gasteiger partial charge is 0.162 e. The molecular weight excluding hydrogens is 402 g/mol. The minimum Gasteiger partial charge on any atom is -0.490 e. The van der Waals surface area contributed by atoms with Crippen molar-refractivity contribution in [1.29, 1.82) is 5.26 Å². The van der Waals surface area contributed by atoms with Crippen molar-refractivity contribution in [1.82, 2.24) is 0 Å². The quantitative estimate of drug-likeness (QED) is 0.338. The SMILES string of the molecule is CCOc1cc(Br)c(/C=C(/C#N)c2ccc3ccccc3c2)cc1OCC. The van der Waals surface area contributed by atoms with Gasteiger partial charge in [-0.3, -0.25) is 0 Å². The Morgan fingerprint density at radius 3 is 2.30 bits per heavy atom. The van der Waals surface area contributed by atoms with Gasteiger partial charge in [-0.15, -0.1) is 0 Å². The van der Waals surface area contributed by atoms with Crippen LogP contribution in [0.2, 0.25) is 0 Å². The van der Waals surface area contributed by atoms with Gasteiger partial charge in [-0.2, -0.15) is 5.26 Å². The van der Waals surface area contributed by atoms with Crippen molar-refractivity contribution < 1.29 is 9.47 Å². The second-order valence-corrected chi connectivity index (χ2v) is 6.77. The summed E-state index contributed by atoms with van der Waals surface area (Å²) in [6, 6.07) is 20.3. The van der Waals surface area contributed by atoms with E-state index >= 15 is 0 Å². The van der Waals surface area contributed by atoms with E-state index in [1.165, 1.54) is 0 Å². The largest absolute Gasteiger partial charge is 0.490 e. The number of halogens is 1. The van der Waals surface area contributed by atoms with Crippen LogP contribution < -0.4 is 9.47 Å². The first-order valence-corrected chi connectivity index (χ1v) is 9.65. The average molecular weight is 422 g/mol. The second-order valence-electron chi connectivity index (χ2n) is 5.92. The topological polar surface area (TPSA) is 42.2 Å². The number of rotatable bonds is 6. The molecule has 4 heteroatoms. The molecule has 27 heavy (non-hydrogen) atoms. The van der Waals surface area contributed by atoms with Crippen LogP contribution in [0, 0.1) is 11.3 Å². The molecule has 0 fully saturated rings. The van der Waals surface area contributed by atoms with Crippen molar-refractivity contribution >= 4 is 38.4 Å². The Morgan fingerprint density at radius 2 is 1.63 bits per heavy atom. The number of fused-ring (bicyclic) bond motifs is 1. The molecule has 0 N–H and O–H groups in total. The molecular formula is C23H20BrNO2. The number of nitriles is 1. The lowest BCUT2D eigenvalue weighted by Crippen LogP contribution is -1.99. The van der Waals surface area contributed by atoms with Crippen LogP contribution in [-0.2, 0) is 0 Å². The Morgan fingerprint density at radius 1 is 0.963 bits per heavy atom. The zero-order valence-corrected chi connectivity index (χ0v) is 16.9. The van der Waals surface area contributed by atoms with Crippen LogP contribution >= 0.6 is 15.9 Å². The first kappa shape index (κ1) is 19.0. The third-order valence-corrected chi connectivity index (χ3v) is 4.83. The highest BCUT2D eigenvalue weighted by Gasteiger charge is 2.11. The highest BCUT2D eigenvalue weighted by atomic mass is 79.9. The van der Waals surface area contributed by atoms with Crippen molar-refractivity contribution in [2.45, 2.75) is 13.8 Å². The molecule has 0 radical (unpaired) electrons. The molecule has 0 aliphatic rings. The minimum atomic E-state index is 0.542. The van der Waals surface area contributed by atoms with Gasteiger partial charge in [0.15, 0.2) is 11.5 Å². The molecule has 0 aliphatic carbocycles. The Labute approximate surface area is 168 Å². The van der Waals surface area contributed by atoms with Gasteiger partial charge in [0.2, 0.25) is 0 Å². The van der Waals surface area contributed by atoms with E-state index in [4.69, 9.17) is 9.47 Å². The standard InChI is InChI=1S/C23H20BrNO2/c1-3-26-22-13-19(21(24)14-23(22)27-4-2)12-20(15-25)18-10-9-16-7-5-6-8-17(16)11-18/h5-14H,3-4H2,1-2H3/b20-12-. The Balaban J connectivity index is 2.06. The number of allylic oxidation sites excluding steroid dienone is 1. The summed E-state index contributed by atoms with van der Waals surface area (Å²) in [5.74, 6) is 1.36. The molecule has 0 saturated heterocycles. The van der Waals surface area contributed by atoms with Crippen LogP contribution in [-0.4, -0.2) is 13.2 Å². The maximum atomic E-state index is 9.73. The maximum Gasteiger partial charge on any atom is 0.162 e. The molecule has 0 amide bonds. The van der Waals surface area contributed by atoms with Crippen LogP contribution in [0.5, 0.6) is 11.5 Å². The van der Waals surface area contributed by atoms with E-state index in [2.05, 4.69) is 28.1 Å². The van der Waals surface area contributed by atoms with Crippen molar-refractivity contribution in [2.24, 2.45) is 0 Å². The lowest BCUT2D eigenvalue weighted by molar-refractivity contribution is 0.287. The van der Waals surface area contributed by atoms with E-state index in [1.54, 1.807) is 0 Å². The first-order valence-electron chi connectivity index (χ1n) is 8.86. The molecule has 0 aliphatic heterocycles. The molecule has 0 heterocycles. The highest BCUT2D eigenvalue weighted by molar-refractivity contribution is 9.10. The van der Waals surface area contributed by atoms with Crippen molar-refractivity contribution in [3.8, 4) is 17.6 Å². The summed E-state index contributed by atoms with van der Waals surface area (Å²) in [5, 5.41) is 12.0. The monoisotopic (exact) mass is 421 g/mol. The van der Waals surface area contributed by atoms with Crippen molar-refractivity contribution in [3.63, 3.8) is 0 Å². The van der Waals surface area contributed by atoms with Gasteiger partial charge < -0.3 is 9.47 Å². The molecule has 3 aromatic carbocycles.